The highest BCUT2D eigenvalue weighted by Crippen LogP contribution is 2.19. The number of aromatic nitrogens is 4. The van der Waals surface area contributed by atoms with Crippen LogP contribution in [-0.2, 0) is 30.7 Å². The van der Waals surface area contributed by atoms with Crippen LogP contribution in [0.4, 0.5) is 0 Å². The van der Waals surface area contributed by atoms with E-state index < -0.39 is 0 Å². The van der Waals surface area contributed by atoms with Gasteiger partial charge in [-0.1, -0.05) is 20.8 Å². The average Bonchev–Trinajstić information content (AvgIpc) is 3.12. The van der Waals surface area contributed by atoms with Gasteiger partial charge in [-0.3, -0.25) is 4.79 Å². The molecule has 118 valence electrons. The van der Waals surface area contributed by atoms with E-state index in [1.54, 1.807) is 11.3 Å². The second kappa shape index (κ2) is 6.16. The van der Waals surface area contributed by atoms with Crippen molar-refractivity contribution in [2.45, 2.75) is 52.6 Å². The number of rotatable bonds is 4. The quantitative estimate of drug-likeness (QED) is 0.865. The van der Waals surface area contributed by atoms with Gasteiger partial charge < -0.3 is 9.47 Å². The van der Waals surface area contributed by atoms with Gasteiger partial charge in [0.1, 0.15) is 5.82 Å². The van der Waals surface area contributed by atoms with E-state index in [1.807, 2.05) is 10.3 Å². The molecule has 1 amide bonds. The lowest BCUT2D eigenvalue weighted by Gasteiger charge is -2.28. The summed E-state index contributed by atoms with van der Waals surface area (Å²) < 4.78 is 2.15. The fourth-order valence-electron chi connectivity index (χ4n) is 2.68. The molecule has 3 rings (SSSR count). The molecule has 0 N–H and O–H groups in total. The van der Waals surface area contributed by atoms with E-state index in [2.05, 4.69) is 40.5 Å². The Balaban J connectivity index is 1.67. The minimum Gasteiger partial charge on any atom is -0.333 e. The lowest BCUT2D eigenvalue weighted by molar-refractivity contribution is -0.132. The number of nitrogens with zero attached hydrogens (tertiary/aromatic N) is 5. The van der Waals surface area contributed by atoms with E-state index in [4.69, 9.17) is 0 Å². The summed E-state index contributed by atoms with van der Waals surface area (Å²) in [4.78, 5) is 18.8. The minimum atomic E-state index is 0.119. The normalized spacial score (nSPS) is 14.5. The third kappa shape index (κ3) is 2.90. The van der Waals surface area contributed by atoms with Gasteiger partial charge in [-0.15, -0.1) is 21.5 Å². The molecular weight excluding hydrogens is 298 g/mol. The maximum Gasteiger partial charge on any atom is 0.229 e. The summed E-state index contributed by atoms with van der Waals surface area (Å²) in [5, 5.41) is 11.6. The zero-order valence-corrected chi connectivity index (χ0v) is 14.1. The molecule has 0 bridgehead atoms. The second-order valence-electron chi connectivity index (χ2n) is 5.86. The molecule has 7 heteroatoms. The van der Waals surface area contributed by atoms with Crippen molar-refractivity contribution in [2.75, 3.05) is 6.54 Å². The Morgan fingerprint density at radius 2 is 2.18 bits per heavy atom. The lowest BCUT2D eigenvalue weighted by atomic mass is 10.2. The van der Waals surface area contributed by atoms with E-state index in [0.717, 1.165) is 35.3 Å². The van der Waals surface area contributed by atoms with Crippen molar-refractivity contribution >= 4 is 17.2 Å². The minimum absolute atomic E-state index is 0.119. The van der Waals surface area contributed by atoms with Crippen molar-refractivity contribution in [3.63, 3.8) is 0 Å². The third-order valence-corrected chi connectivity index (χ3v) is 4.93. The summed E-state index contributed by atoms with van der Waals surface area (Å²) in [5.74, 6) is 2.37. The van der Waals surface area contributed by atoms with Crippen LogP contribution < -0.4 is 0 Å². The standard InChI is InChI=1S/C15H21N5OS/c1-4-13-16-11(9-22-13)7-14(21)19-5-6-20-12(8-19)17-18-15(20)10(2)3/h9-10H,4-8H2,1-3H3. The second-order valence-corrected chi connectivity index (χ2v) is 6.80. The Morgan fingerprint density at radius 3 is 2.86 bits per heavy atom. The first-order valence-electron chi connectivity index (χ1n) is 7.71. The Morgan fingerprint density at radius 1 is 1.36 bits per heavy atom. The molecule has 2 aromatic rings. The number of carbonyl (C=O) groups excluding carboxylic acids is 1. The van der Waals surface area contributed by atoms with Crippen LogP contribution in [0.2, 0.25) is 0 Å². The monoisotopic (exact) mass is 319 g/mol. The van der Waals surface area contributed by atoms with Gasteiger partial charge in [0.05, 0.1) is 23.7 Å². The summed E-state index contributed by atoms with van der Waals surface area (Å²) in [7, 11) is 0. The largest absolute Gasteiger partial charge is 0.333 e. The Labute approximate surface area is 134 Å². The van der Waals surface area contributed by atoms with Gasteiger partial charge in [-0.05, 0) is 6.42 Å². The van der Waals surface area contributed by atoms with Crippen molar-refractivity contribution in [2.24, 2.45) is 0 Å². The Hall–Kier alpha value is -1.76. The molecule has 3 heterocycles. The fourth-order valence-corrected chi connectivity index (χ4v) is 3.42. The lowest BCUT2D eigenvalue weighted by Crippen LogP contribution is -2.39. The van der Waals surface area contributed by atoms with Gasteiger partial charge in [0.25, 0.3) is 0 Å². The maximum absolute atomic E-state index is 12.4. The van der Waals surface area contributed by atoms with Gasteiger partial charge in [-0.2, -0.15) is 0 Å². The van der Waals surface area contributed by atoms with E-state index in [9.17, 15) is 4.79 Å². The molecule has 0 aliphatic carbocycles. The number of fused-ring (bicyclic) bond motifs is 1. The highest BCUT2D eigenvalue weighted by atomic mass is 32.1. The summed E-state index contributed by atoms with van der Waals surface area (Å²) >= 11 is 1.62. The van der Waals surface area contributed by atoms with Crippen LogP contribution in [0.15, 0.2) is 5.38 Å². The number of thiazole rings is 1. The number of aryl methyl sites for hydroxylation is 1. The van der Waals surface area contributed by atoms with Crippen molar-refractivity contribution in [1.29, 1.82) is 0 Å². The molecule has 0 saturated carbocycles. The molecule has 1 aliphatic heterocycles. The van der Waals surface area contributed by atoms with Gasteiger partial charge in [0.15, 0.2) is 5.82 Å². The maximum atomic E-state index is 12.4. The molecule has 0 fully saturated rings. The third-order valence-electron chi connectivity index (χ3n) is 3.89. The van der Waals surface area contributed by atoms with E-state index in [0.29, 0.717) is 25.4 Å². The summed E-state index contributed by atoms with van der Waals surface area (Å²) in [6.45, 7) is 8.34. The molecule has 22 heavy (non-hydrogen) atoms. The Bertz CT molecular complexity index is 675. The zero-order chi connectivity index (χ0) is 15.7. The van der Waals surface area contributed by atoms with E-state index >= 15 is 0 Å². The highest BCUT2D eigenvalue weighted by molar-refractivity contribution is 7.09. The summed E-state index contributed by atoms with van der Waals surface area (Å²) in [6, 6.07) is 0. The summed E-state index contributed by atoms with van der Waals surface area (Å²) in [5.41, 5.74) is 0.877. The van der Waals surface area contributed by atoms with Crippen molar-refractivity contribution in [1.82, 2.24) is 24.6 Å². The van der Waals surface area contributed by atoms with Crippen LogP contribution >= 0.6 is 11.3 Å². The van der Waals surface area contributed by atoms with Crippen LogP contribution in [0, 0.1) is 0 Å². The molecule has 0 saturated heterocycles. The molecule has 0 unspecified atom stereocenters. The van der Waals surface area contributed by atoms with E-state index in [-0.39, 0.29) is 5.91 Å². The Kier molecular flexibility index (Phi) is 4.24. The number of hydrogen-bond donors (Lipinski definition) is 0. The zero-order valence-electron chi connectivity index (χ0n) is 13.2. The van der Waals surface area contributed by atoms with Crippen molar-refractivity contribution < 1.29 is 4.79 Å². The average molecular weight is 319 g/mol. The van der Waals surface area contributed by atoms with Gasteiger partial charge in [0, 0.05) is 24.4 Å². The van der Waals surface area contributed by atoms with Gasteiger partial charge >= 0.3 is 0 Å². The summed E-state index contributed by atoms with van der Waals surface area (Å²) in [6.07, 6.45) is 1.30. The molecule has 2 aromatic heterocycles. The molecule has 1 aliphatic rings. The van der Waals surface area contributed by atoms with Crippen LogP contribution in [-0.4, -0.2) is 37.1 Å². The number of amides is 1. The fraction of sp³-hybridized carbons (Fsp3) is 0.600. The van der Waals surface area contributed by atoms with Gasteiger partial charge in [-0.25, -0.2) is 4.98 Å². The van der Waals surface area contributed by atoms with Crippen molar-refractivity contribution in [3.8, 4) is 0 Å². The predicted molar refractivity (Wildman–Crippen MR) is 84.7 cm³/mol. The van der Waals surface area contributed by atoms with Crippen LogP contribution in [0.5, 0.6) is 0 Å². The molecule has 0 radical (unpaired) electrons. The van der Waals surface area contributed by atoms with Crippen LogP contribution in [0.3, 0.4) is 0 Å². The first kappa shape index (κ1) is 15.1. The van der Waals surface area contributed by atoms with Gasteiger partial charge in [0.2, 0.25) is 5.91 Å². The SMILES string of the molecule is CCc1nc(CC(=O)N2CCn3c(nnc3C(C)C)C2)cs1. The van der Waals surface area contributed by atoms with E-state index in [1.165, 1.54) is 0 Å². The number of carbonyl (C=O) groups is 1. The first-order chi connectivity index (χ1) is 10.6. The highest BCUT2D eigenvalue weighted by Gasteiger charge is 2.25. The molecule has 6 nitrogen and oxygen atoms in total. The van der Waals surface area contributed by atoms with Crippen LogP contribution in [0.1, 0.15) is 49.0 Å². The predicted octanol–water partition coefficient (Wildman–Crippen LogP) is 2.01. The topological polar surface area (TPSA) is 63.9 Å². The first-order valence-corrected chi connectivity index (χ1v) is 8.59. The molecule has 0 atom stereocenters. The molecule has 0 aromatic carbocycles. The molecular formula is C15H21N5OS. The molecule has 0 spiro atoms. The smallest absolute Gasteiger partial charge is 0.229 e. The number of hydrogen-bond acceptors (Lipinski definition) is 5. The van der Waals surface area contributed by atoms with Crippen molar-refractivity contribution in [3.05, 3.63) is 27.7 Å². The van der Waals surface area contributed by atoms with Crippen LogP contribution in [0.25, 0.3) is 0 Å².